The lowest BCUT2D eigenvalue weighted by Crippen LogP contribution is -2.05. The fourth-order valence-corrected chi connectivity index (χ4v) is 2.99. The summed E-state index contributed by atoms with van der Waals surface area (Å²) in [6.45, 7) is 0.417. The second-order valence-electron chi connectivity index (χ2n) is 6.00. The van der Waals surface area contributed by atoms with E-state index >= 15 is 0 Å². The number of aromatic nitrogens is 1. The van der Waals surface area contributed by atoms with Crippen molar-refractivity contribution in [3.05, 3.63) is 76.5 Å². The highest BCUT2D eigenvalue weighted by atomic mass is 16.5. The van der Waals surface area contributed by atoms with E-state index in [1.165, 1.54) is 13.2 Å². The zero-order valence-electron chi connectivity index (χ0n) is 14.2. The van der Waals surface area contributed by atoms with Crippen molar-refractivity contribution in [2.24, 2.45) is 0 Å². The summed E-state index contributed by atoms with van der Waals surface area (Å²) >= 11 is 0. The van der Waals surface area contributed by atoms with Crippen molar-refractivity contribution < 1.29 is 14.6 Å². The van der Waals surface area contributed by atoms with Gasteiger partial charge in [-0.25, -0.2) is 0 Å². The molecule has 1 heterocycles. The molecule has 130 valence electrons. The largest absolute Gasteiger partial charge is 0.507 e. The first kappa shape index (κ1) is 16.0. The lowest BCUT2D eigenvalue weighted by molar-refractivity contribution is 0.306. The summed E-state index contributed by atoms with van der Waals surface area (Å²) in [4.78, 5) is 16.0. The third-order valence-electron chi connectivity index (χ3n) is 4.31. The van der Waals surface area contributed by atoms with Crippen molar-refractivity contribution in [1.29, 1.82) is 0 Å². The van der Waals surface area contributed by atoms with Gasteiger partial charge in [0.2, 0.25) is 5.43 Å². The summed E-state index contributed by atoms with van der Waals surface area (Å²) in [5, 5.41) is 10.9. The molecule has 0 aliphatic heterocycles. The molecule has 4 rings (SSSR count). The minimum absolute atomic E-state index is 0.113. The van der Waals surface area contributed by atoms with E-state index in [-0.39, 0.29) is 16.6 Å². The highest BCUT2D eigenvalue weighted by Crippen LogP contribution is 2.29. The molecule has 4 aromatic rings. The molecule has 2 N–H and O–H groups in total. The van der Waals surface area contributed by atoms with Gasteiger partial charge in [0.05, 0.1) is 23.5 Å². The highest BCUT2D eigenvalue weighted by Gasteiger charge is 2.12. The van der Waals surface area contributed by atoms with Crippen LogP contribution in [-0.2, 0) is 6.61 Å². The van der Waals surface area contributed by atoms with Crippen LogP contribution in [0.4, 0.5) is 0 Å². The molecule has 0 unspecified atom stereocenters. The third-order valence-corrected chi connectivity index (χ3v) is 4.31. The quantitative estimate of drug-likeness (QED) is 0.548. The van der Waals surface area contributed by atoms with Gasteiger partial charge in [-0.2, -0.15) is 0 Å². The van der Waals surface area contributed by atoms with Crippen LogP contribution in [0.5, 0.6) is 17.2 Å². The van der Waals surface area contributed by atoms with Crippen LogP contribution in [0.25, 0.3) is 21.8 Å². The number of H-pyrrole nitrogens is 1. The molecule has 0 bridgehead atoms. The van der Waals surface area contributed by atoms with Gasteiger partial charge in [-0.3, -0.25) is 4.79 Å². The summed E-state index contributed by atoms with van der Waals surface area (Å²) in [6.07, 6.45) is 0. The second kappa shape index (κ2) is 6.44. The maximum Gasteiger partial charge on any atom is 0.201 e. The van der Waals surface area contributed by atoms with Gasteiger partial charge in [0.25, 0.3) is 0 Å². The van der Waals surface area contributed by atoms with Crippen LogP contribution in [0, 0.1) is 0 Å². The van der Waals surface area contributed by atoms with Gasteiger partial charge in [-0.15, -0.1) is 0 Å². The molecular formula is C21H17NO4. The Bertz CT molecular complexity index is 1150. The number of pyridine rings is 1. The van der Waals surface area contributed by atoms with Crippen molar-refractivity contribution in [3.63, 3.8) is 0 Å². The number of rotatable bonds is 4. The Kier molecular flexibility index (Phi) is 3.97. The average Bonchev–Trinajstić information content (AvgIpc) is 2.67. The summed E-state index contributed by atoms with van der Waals surface area (Å²) in [7, 11) is 1.51. The maximum absolute atomic E-state index is 12.9. The van der Waals surface area contributed by atoms with E-state index in [0.29, 0.717) is 34.5 Å². The summed E-state index contributed by atoms with van der Waals surface area (Å²) < 4.78 is 10.9. The van der Waals surface area contributed by atoms with Crippen LogP contribution in [-0.4, -0.2) is 17.2 Å². The summed E-state index contributed by atoms with van der Waals surface area (Å²) in [5.41, 5.74) is 1.99. The van der Waals surface area contributed by atoms with Crippen LogP contribution >= 0.6 is 0 Å². The molecule has 0 spiro atoms. The minimum Gasteiger partial charge on any atom is -0.507 e. The van der Waals surface area contributed by atoms with E-state index in [0.717, 1.165) is 5.56 Å². The number of phenolic OH excluding ortho intramolecular Hbond substituents is 1. The second-order valence-corrected chi connectivity index (χ2v) is 6.00. The Hall–Kier alpha value is -3.47. The molecule has 5 heteroatoms. The van der Waals surface area contributed by atoms with Crippen LogP contribution in [0.3, 0.4) is 0 Å². The topological polar surface area (TPSA) is 71.6 Å². The molecule has 0 aliphatic rings. The first-order valence-electron chi connectivity index (χ1n) is 8.19. The smallest absolute Gasteiger partial charge is 0.201 e. The fraction of sp³-hybridized carbons (Fsp3) is 0.0952. The van der Waals surface area contributed by atoms with E-state index in [9.17, 15) is 9.90 Å². The molecule has 0 radical (unpaired) electrons. The van der Waals surface area contributed by atoms with Crippen LogP contribution in [0.15, 0.2) is 65.5 Å². The van der Waals surface area contributed by atoms with E-state index in [4.69, 9.17) is 9.47 Å². The standard InChI is InChI=1S/C21H17NO4/c1-25-15-10-18-20(19(23)11-15)21(24)16-9-14(7-8-17(16)22-18)26-12-13-5-3-2-4-6-13/h2-11,23H,12H2,1H3,(H,22,24). The Morgan fingerprint density at radius 2 is 1.77 bits per heavy atom. The van der Waals surface area contributed by atoms with E-state index in [2.05, 4.69) is 4.98 Å². The maximum atomic E-state index is 12.9. The Balaban J connectivity index is 1.78. The zero-order valence-corrected chi connectivity index (χ0v) is 14.2. The van der Waals surface area contributed by atoms with E-state index in [1.54, 1.807) is 18.2 Å². The van der Waals surface area contributed by atoms with Crippen LogP contribution in [0.1, 0.15) is 5.56 Å². The van der Waals surface area contributed by atoms with E-state index < -0.39 is 0 Å². The predicted molar refractivity (Wildman–Crippen MR) is 101 cm³/mol. The first-order chi connectivity index (χ1) is 12.7. The lowest BCUT2D eigenvalue weighted by Gasteiger charge is -2.10. The number of methoxy groups -OCH3 is 1. The van der Waals surface area contributed by atoms with Gasteiger partial charge in [0, 0.05) is 17.5 Å². The normalized spacial score (nSPS) is 11.0. The first-order valence-corrected chi connectivity index (χ1v) is 8.19. The number of nitrogens with one attached hydrogen (secondary N) is 1. The number of phenols is 1. The molecule has 0 saturated heterocycles. The fourth-order valence-electron chi connectivity index (χ4n) is 2.99. The van der Waals surface area contributed by atoms with Gasteiger partial charge in [-0.1, -0.05) is 30.3 Å². The molecule has 0 aliphatic carbocycles. The van der Waals surface area contributed by atoms with Crippen molar-refractivity contribution >= 4 is 21.8 Å². The molecule has 26 heavy (non-hydrogen) atoms. The number of hydrogen-bond donors (Lipinski definition) is 2. The number of hydrogen-bond acceptors (Lipinski definition) is 4. The Labute approximate surface area is 149 Å². The summed E-state index contributed by atoms with van der Waals surface area (Å²) in [6, 6.07) is 18.2. The number of aromatic amines is 1. The lowest BCUT2D eigenvalue weighted by atomic mass is 10.1. The molecular weight excluding hydrogens is 330 g/mol. The van der Waals surface area contributed by atoms with Gasteiger partial charge in [-0.05, 0) is 23.8 Å². The molecule has 5 nitrogen and oxygen atoms in total. The molecule has 0 amide bonds. The van der Waals surface area contributed by atoms with E-state index in [1.807, 2.05) is 36.4 Å². The van der Waals surface area contributed by atoms with Gasteiger partial charge in [0.1, 0.15) is 23.9 Å². The predicted octanol–water partition coefficient (Wildman–Crippen LogP) is 3.97. The zero-order chi connectivity index (χ0) is 18.1. The number of fused-ring (bicyclic) bond motifs is 2. The van der Waals surface area contributed by atoms with Crippen LogP contribution in [0.2, 0.25) is 0 Å². The van der Waals surface area contributed by atoms with Gasteiger partial charge < -0.3 is 19.6 Å². The minimum atomic E-state index is -0.251. The third kappa shape index (κ3) is 2.84. The van der Waals surface area contributed by atoms with Crippen molar-refractivity contribution in [1.82, 2.24) is 4.98 Å². The molecule has 0 fully saturated rings. The molecule has 0 atom stereocenters. The van der Waals surface area contributed by atoms with Crippen molar-refractivity contribution in [3.8, 4) is 17.2 Å². The SMILES string of the molecule is COc1cc(O)c2c(=O)c3cc(OCc4ccccc4)ccc3[nH]c2c1. The molecule has 1 aromatic heterocycles. The van der Waals surface area contributed by atoms with Crippen molar-refractivity contribution in [2.75, 3.05) is 7.11 Å². The number of benzene rings is 3. The molecule has 0 saturated carbocycles. The average molecular weight is 347 g/mol. The monoisotopic (exact) mass is 347 g/mol. The summed E-state index contributed by atoms with van der Waals surface area (Å²) in [5.74, 6) is 0.963. The number of aromatic hydroxyl groups is 1. The van der Waals surface area contributed by atoms with Gasteiger partial charge >= 0.3 is 0 Å². The Morgan fingerprint density at radius 1 is 0.962 bits per heavy atom. The number of ether oxygens (including phenoxy) is 2. The van der Waals surface area contributed by atoms with Crippen molar-refractivity contribution in [2.45, 2.75) is 6.61 Å². The Morgan fingerprint density at radius 3 is 2.54 bits per heavy atom. The van der Waals surface area contributed by atoms with Gasteiger partial charge in [0.15, 0.2) is 0 Å². The highest BCUT2D eigenvalue weighted by molar-refractivity contribution is 5.96. The molecule has 3 aromatic carbocycles. The van der Waals surface area contributed by atoms with Crippen LogP contribution < -0.4 is 14.9 Å².